The summed E-state index contributed by atoms with van der Waals surface area (Å²) in [6, 6.07) is 83.5. The molecule has 0 unspecified atom stereocenters. The first-order chi connectivity index (χ1) is 35.2. The molecule has 0 amide bonds. The van der Waals surface area contributed by atoms with Gasteiger partial charge in [-0.3, -0.25) is 0 Å². The van der Waals surface area contributed by atoms with Gasteiger partial charge in [0.1, 0.15) is 0 Å². The maximum Gasteiger partial charge on any atom is 0.160 e. The van der Waals surface area contributed by atoms with E-state index < -0.39 is 0 Å². The van der Waals surface area contributed by atoms with Crippen molar-refractivity contribution < 1.29 is 0 Å². The molecule has 15 aromatic rings. The van der Waals surface area contributed by atoms with Crippen LogP contribution >= 0.6 is 11.3 Å². The third-order valence-electron chi connectivity index (χ3n) is 14.6. The van der Waals surface area contributed by atoms with Crippen LogP contribution in [0.2, 0.25) is 0 Å². The van der Waals surface area contributed by atoms with Crippen LogP contribution in [0.3, 0.4) is 0 Å². The fraction of sp³-hybridized carbons (Fsp3) is 0.0154. The largest absolute Gasteiger partial charge is 0.309 e. The van der Waals surface area contributed by atoms with Crippen LogP contribution in [0.5, 0.6) is 0 Å². The standard InChI is InChI=1S/C65H41N5S/c1-40-60(41-21-5-2-6-22-41)66-65(42-23-7-3-8-24-42)67-61(40)49-37-38-55(64-58(49)48-31-15-20-36-57(48)71-64)70-54-35-19-14-30-47(54)59-62-50(46-29-13-16-32-51(46)68(62)43-25-9-4-10-26-43)39-56(63(59)70)69-52-33-17-11-27-44(52)45-28-12-18-34-53(45)69/h2-39H,1H3. The average molecular weight is 924 g/mol. The van der Waals surface area contributed by atoms with Crippen LogP contribution in [-0.2, 0) is 0 Å². The summed E-state index contributed by atoms with van der Waals surface area (Å²) >= 11 is 1.86. The summed E-state index contributed by atoms with van der Waals surface area (Å²) in [5.74, 6) is 0.706. The molecule has 71 heavy (non-hydrogen) atoms. The Morgan fingerprint density at radius 3 is 1.54 bits per heavy atom. The molecule has 0 aliphatic heterocycles. The zero-order valence-electron chi connectivity index (χ0n) is 38.6. The van der Waals surface area contributed by atoms with Gasteiger partial charge in [0, 0.05) is 75.7 Å². The average Bonchev–Trinajstić information content (AvgIpc) is 4.19. The Morgan fingerprint density at radius 1 is 0.366 bits per heavy atom. The van der Waals surface area contributed by atoms with E-state index in [0.717, 1.165) is 61.7 Å². The number of para-hydroxylation sites is 5. The lowest BCUT2D eigenvalue weighted by atomic mass is 9.96. The van der Waals surface area contributed by atoms with Crippen molar-refractivity contribution in [2.24, 2.45) is 0 Å². The normalized spacial score (nSPS) is 12.0. The molecule has 0 spiro atoms. The molecule has 5 nitrogen and oxygen atoms in total. The predicted molar refractivity (Wildman–Crippen MR) is 299 cm³/mol. The molecular formula is C65H41N5S. The molecule has 0 fully saturated rings. The highest BCUT2D eigenvalue weighted by Crippen LogP contribution is 2.50. The minimum absolute atomic E-state index is 0.706. The summed E-state index contributed by atoms with van der Waals surface area (Å²) in [5, 5.41) is 9.68. The van der Waals surface area contributed by atoms with Crippen LogP contribution < -0.4 is 0 Å². The van der Waals surface area contributed by atoms with Crippen molar-refractivity contribution in [3.8, 4) is 51.0 Å². The van der Waals surface area contributed by atoms with E-state index >= 15 is 0 Å². The molecule has 0 N–H and O–H groups in total. The number of thiophene rings is 1. The number of fused-ring (bicyclic) bond motifs is 13. The van der Waals surface area contributed by atoms with Crippen LogP contribution in [-0.4, -0.2) is 23.7 Å². The first kappa shape index (κ1) is 39.9. The van der Waals surface area contributed by atoms with Crippen LogP contribution in [0.15, 0.2) is 231 Å². The van der Waals surface area contributed by atoms with Gasteiger partial charge in [0.2, 0.25) is 0 Å². The Hall–Kier alpha value is -9.10. The molecule has 10 aromatic carbocycles. The van der Waals surface area contributed by atoms with Crippen LogP contribution in [0, 0.1) is 6.92 Å². The molecule has 0 aliphatic carbocycles. The zero-order chi connectivity index (χ0) is 46.7. The lowest BCUT2D eigenvalue weighted by molar-refractivity contribution is 1.14. The second kappa shape index (κ2) is 15.5. The third-order valence-corrected chi connectivity index (χ3v) is 15.8. The second-order valence-electron chi connectivity index (χ2n) is 18.5. The molecule has 0 bridgehead atoms. The van der Waals surface area contributed by atoms with Crippen LogP contribution in [0.4, 0.5) is 0 Å². The maximum atomic E-state index is 5.51. The summed E-state index contributed by atoms with van der Waals surface area (Å²) < 4.78 is 10.0. The molecule has 0 aliphatic rings. The van der Waals surface area contributed by atoms with Crippen molar-refractivity contribution >= 4 is 96.9 Å². The monoisotopic (exact) mass is 923 g/mol. The van der Waals surface area contributed by atoms with E-state index in [-0.39, 0.29) is 0 Å². The van der Waals surface area contributed by atoms with Gasteiger partial charge in [-0.15, -0.1) is 11.3 Å². The quantitative estimate of drug-likeness (QED) is 0.167. The summed E-state index contributed by atoms with van der Waals surface area (Å²) in [7, 11) is 0. The van der Waals surface area contributed by atoms with Gasteiger partial charge in [0.05, 0.1) is 60.6 Å². The number of aromatic nitrogens is 5. The van der Waals surface area contributed by atoms with Gasteiger partial charge in [0.25, 0.3) is 0 Å². The Bertz CT molecular complexity index is 4580. The highest BCUT2D eigenvalue weighted by Gasteiger charge is 2.28. The SMILES string of the molecule is Cc1c(-c2ccccc2)nc(-c2ccccc2)nc1-c1ccc(-n2c3ccccc3c3c2c(-n2c4ccccc4c4ccccc42)cc2c4ccccc4n(-c4ccccc4)c23)c2sc3ccccc3c12. The maximum absolute atomic E-state index is 5.51. The van der Waals surface area contributed by atoms with E-state index in [1.807, 2.05) is 17.4 Å². The van der Waals surface area contributed by atoms with Crippen molar-refractivity contribution in [1.29, 1.82) is 0 Å². The Kier molecular flexibility index (Phi) is 8.68. The Labute approximate surface area is 412 Å². The van der Waals surface area contributed by atoms with Gasteiger partial charge in [-0.25, -0.2) is 9.97 Å². The van der Waals surface area contributed by atoms with E-state index in [1.165, 1.54) is 74.6 Å². The van der Waals surface area contributed by atoms with Gasteiger partial charge < -0.3 is 13.7 Å². The lowest BCUT2D eigenvalue weighted by Crippen LogP contribution is -2.03. The minimum Gasteiger partial charge on any atom is -0.309 e. The highest BCUT2D eigenvalue weighted by atomic mass is 32.1. The van der Waals surface area contributed by atoms with E-state index in [4.69, 9.17) is 9.97 Å². The van der Waals surface area contributed by atoms with Crippen LogP contribution in [0.25, 0.3) is 137 Å². The zero-order valence-corrected chi connectivity index (χ0v) is 39.4. The Morgan fingerprint density at radius 2 is 0.873 bits per heavy atom. The smallest absolute Gasteiger partial charge is 0.160 e. The molecule has 5 heterocycles. The third kappa shape index (κ3) is 5.80. The second-order valence-corrected chi connectivity index (χ2v) is 19.5. The highest BCUT2D eigenvalue weighted by molar-refractivity contribution is 7.26. The first-order valence-corrected chi connectivity index (χ1v) is 25.0. The summed E-state index contributed by atoms with van der Waals surface area (Å²) in [4.78, 5) is 10.8. The molecule has 15 rings (SSSR count). The van der Waals surface area contributed by atoms with E-state index in [2.05, 4.69) is 245 Å². The van der Waals surface area contributed by atoms with E-state index in [1.54, 1.807) is 0 Å². The minimum atomic E-state index is 0.706. The van der Waals surface area contributed by atoms with Gasteiger partial charge in [-0.2, -0.15) is 0 Å². The number of hydrogen-bond acceptors (Lipinski definition) is 3. The van der Waals surface area contributed by atoms with E-state index in [9.17, 15) is 0 Å². The predicted octanol–water partition coefficient (Wildman–Crippen LogP) is 17.4. The molecular weight excluding hydrogens is 883 g/mol. The topological polar surface area (TPSA) is 40.6 Å². The number of rotatable bonds is 6. The fourth-order valence-corrected chi connectivity index (χ4v) is 12.8. The summed E-state index contributed by atoms with van der Waals surface area (Å²) in [6.45, 7) is 2.18. The first-order valence-electron chi connectivity index (χ1n) is 24.2. The molecule has 0 atom stereocenters. The summed E-state index contributed by atoms with van der Waals surface area (Å²) in [5.41, 5.74) is 16.4. The van der Waals surface area contributed by atoms with Gasteiger partial charge in [-0.05, 0) is 67.6 Å². The van der Waals surface area contributed by atoms with Crippen molar-refractivity contribution in [3.05, 3.63) is 236 Å². The van der Waals surface area contributed by atoms with Crippen molar-refractivity contribution in [1.82, 2.24) is 23.7 Å². The Balaban J connectivity index is 1.13. The molecule has 0 saturated carbocycles. The van der Waals surface area contributed by atoms with Crippen molar-refractivity contribution in [2.75, 3.05) is 0 Å². The fourth-order valence-electron chi connectivity index (χ4n) is 11.6. The van der Waals surface area contributed by atoms with Crippen LogP contribution in [0.1, 0.15) is 5.56 Å². The molecule has 5 aromatic heterocycles. The van der Waals surface area contributed by atoms with Gasteiger partial charge in [0.15, 0.2) is 5.82 Å². The summed E-state index contributed by atoms with van der Waals surface area (Å²) in [6.07, 6.45) is 0. The van der Waals surface area contributed by atoms with Crippen molar-refractivity contribution in [2.45, 2.75) is 6.92 Å². The molecule has 6 heteroatoms. The molecule has 0 saturated heterocycles. The van der Waals surface area contributed by atoms with Crippen molar-refractivity contribution in [3.63, 3.8) is 0 Å². The van der Waals surface area contributed by atoms with Gasteiger partial charge >= 0.3 is 0 Å². The van der Waals surface area contributed by atoms with Gasteiger partial charge in [-0.1, -0.05) is 170 Å². The lowest BCUT2D eigenvalue weighted by Gasteiger charge is -2.18. The van der Waals surface area contributed by atoms with E-state index in [0.29, 0.717) is 5.82 Å². The molecule has 332 valence electrons. The number of benzene rings is 10. The number of nitrogens with zero attached hydrogens (tertiary/aromatic N) is 5. The molecule has 0 radical (unpaired) electrons. The number of hydrogen-bond donors (Lipinski definition) is 0.